The predicted octanol–water partition coefficient (Wildman–Crippen LogP) is 2.56. The van der Waals surface area contributed by atoms with Crippen LogP contribution in [-0.2, 0) is 9.59 Å². The molecule has 0 aliphatic carbocycles. The summed E-state index contributed by atoms with van der Waals surface area (Å²) < 4.78 is 0. The van der Waals surface area contributed by atoms with E-state index in [9.17, 15) is 9.59 Å². The van der Waals surface area contributed by atoms with Gasteiger partial charge in [-0.25, -0.2) is 0 Å². The maximum atomic E-state index is 12.2. The van der Waals surface area contributed by atoms with Crippen molar-refractivity contribution in [3.8, 4) is 0 Å². The molecule has 112 valence electrons. The second-order valence-corrected chi connectivity index (χ2v) is 5.57. The minimum absolute atomic E-state index is 0.420. The molecule has 2 amide bonds. The first-order valence-electron chi connectivity index (χ1n) is 7.36. The first kappa shape index (κ1) is 15.3. The summed E-state index contributed by atoms with van der Waals surface area (Å²) >= 11 is 0. The Balaban J connectivity index is 2.10. The Hall–Kier alpha value is -2.10. The van der Waals surface area contributed by atoms with Crippen molar-refractivity contribution in [1.29, 1.82) is 0 Å². The van der Waals surface area contributed by atoms with Crippen molar-refractivity contribution in [3.63, 3.8) is 0 Å². The number of hydrogen-bond acceptors (Lipinski definition) is 2. The summed E-state index contributed by atoms with van der Waals surface area (Å²) in [6.45, 7) is 9.58. The largest absolute Gasteiger partial charge is 0.332 e. The normalized spacial score (nSPS) is 15.8. The average molecular weight is 286 g/mol. The molecule has 0 N–H and O–H groups in total. The molecule has 0 radical (unpaired) electrons. The van der Waals surface area contributed by atoms with Gasteiger partial charge in [0.1, 0.15) is 0 Å². The standard InChI is InChI=1S/C17H22N2O2/c1-4-5-10-18-11-12-19(17(21)16(18)20)15-8-6-14(7-9-15)13(2)3/h4,6-9,13H,1,5,10-12H2,2-3H3. The van der Waals surface area contributed by atoms with Crippen LogP contribution in [0, 0.1) is 0 Å². The van der Waals surface area contributed by atoms with Crippen LogP contribution in [0.25, 0.3) is 0 Å². The molecule has 0 aromatic heterocycles. The number of carbonyl (C=O) groups excluding carboxylic acids is 2. The third-order valence-electron chi connectivity index (χ3n) is 3.78. The topological polar surface area (TPSA) is 40.6 Å². The van der Waals surface area contributed by atoms with E-state index in [2.05, 4.69) is 20.4 Å². The lowest BCUT2D eigenvalue weighted by molar-refractivity contribution is -0.146. The van der Waals surface area contributed by atoms with Crippen molar-refractivity contribution in [3.05, 3.63) is 42.5 Å². The Morgan fingerprint density at radius 3 is 2.38 bits per heavy atom. The lowest BCUT2D eigenvalue weighted by Gasteiger charge is -2.33. The summed E-state index contributed by atoms with van der Waals surface area (Å²) in [5.41, 5.74) is 2.02. The van der Waals surface area contributed by atoms with Crippen LogP contribution in [0.15, 0.2) is 36.9 Å². The highest BCUT2D eigenvalue weighted by molar-refractivity contribution is 6.40. The molecule has 1 fully saturated rings. The van der Waals surface area contributed by atoms with Crippen LogP contribution in [0.5, 0.6) is 0 Å². The van der Waals surface area contributed by atoms with E-state index in [1.54, 1.807) is 15.9 Å². The minimum atomic E-state index is -0.442. The minimum Gasteiger partial charge on any atom is -0.332 e. The van der Waals surface area contributed by atoms with E-state index in [1.165, 1.54) is 5.56 Å². The monoisotopic (exact) mass is 286 g/mol. The van der Waals surface area contributed by atoms with Gasteiger partial charge in [0.25, 0.3) is 0 Å². The van der Waals surface area contributed by atoms with Crippen LogP contribution >= 0.6 is 0 Å². The molecule has 1 aromatic rings. The SMILES string of the molecule is C=CCCN1CCN(c2ccc(C(C)C)cc2)C(=O)C1=O. The van der Waals surface area contributed by atoms with Crippen LogP contribution in [0.1, 0.15) is 31.7 Å². The van der Waals surface area contributed by atoms with Crippen LogP contribution in [0.3, 0.4) is 0 Å². The van der Waals surface area contributed by atoms with Gasteiger partial charge in [-0.3, -0.25) is 9.59 Å². The molecule has 21 heavy (non-hydrogen) atoms. The van der Waals surface area contributed by atoms with Gasteiger partial charge in [-0.1, -0.05) is 32.1 Å². The summed E-state index contributed by atoms with van der Waals surface area (Å²) in [4.78, 5) is 27.5. The molecule has 4 nitrogen and oxygen atoms in total. The van der Waals surface area contributed by atoms with Crippen molar-refractivity contribution in [2.45, 2.75) is 26.2 Å². The highest BCUT2D eigenvalue weighted by atomic mass is 16.2. The fourth-order valence-corrected chi connectivity index (χ4v) is 2.42. The molecule has 0 atom stereocenters. The molecule has 0 saturated carbocycles. The quantitative estimate of drug-likeness (QED) is 0.616. The number of rotatable bonds is 5. The lowest BCUT2D eigenvalue weighted by Crippen LogP contribution is -2.54. The van der Waals surface area contributed by atoms with Crippen LogP contribution < -0.4 is 4.90 Å². The molecular weight excluding hydrogens is 264 g/mol. The summed E-state index contributed by atoms with van der Waals surface area (Å²) in [5.74, 6) is -0.411. The second-order valence-electron chi connectivity index (χ2n) is 5.57. The van der Waals surface area contributed by atoms with Gasteiger partial charge in [0, 0.05) is 25.3 Å². The van der Waals surface area contributed by atoms with Crippen molar-refractivity contribution in [2.75, 3.05) is 24.5 Å². The van der Waals surface area contributed by atoms with E-state index in [0.717, 1.165) is 5.69 Å². The van der Waals surface area contributed by atoms with Crippen molar-refractivity contribution in [1.82, 2.24) is 4.90 Å². The first-order valence-corrected chi connectivity index (χ1v) is 7.36. The zero-order valence-electron chi connectivity index (χ0n) is 12.7. The molecule has 1 saturated heterocycles. The van der Waals surface area contributed by atoms with E-state index in [4.69, 9.17) is 0 Å². The second kappa shape index (κ2) is 6.57. The summed E-state index contributed by atoms with van der Waals surface area (Å²) in [6, 6.07) is 7.86. The van der Waals surface area contributed by atoms with E-state index < -0.39 is 11.8 Å². The Labute approximate surface area is 126 Å². The maximum absolute atomic E-state index is 12.2. The number of nitrogens with zero attached hydrogens (tertiary/aromatic N) is 2. The third-order valence-corrected chi connectivity index (χ3v) is 3.78. The third kappa shape index (κ3) is 3.32. The van der Waals surface area contributed by atoms with E-state index >= 15 is 0 Å². The molecule has 1 aliphatic heterocycles. The van der Waals surface area contributed by atoms with Crippen molar-refractivity contribution in [2.24, 2.45) is 0 Å². The Kier molecular flexibility index (Phi) is 4.78. The fraction of sp³-hybridized carbons (Fsp3) is 0.412. The smallest absolute Gasteiger partial charge is 0.316 e. The molecule has 1 aromatic carbocycles. The summed E-state index contributed by atoms with van der Waals surface area (Å²) in [7, 11) is 0. The molecular formula is C17H22N2O2. The first-order chi connectivity index (χ1) is 10.0. The zero-order chi connectivity index (χ0) is 15.4. The van der Waals surface area contributed by atoms with Gasteiger partial charge in [-0.2, -0.15) is 0 Å². The van der Waals surface area contributed by atoms with Gasteiger partial charge >= 0.3 is 11.8 Å². The summed E-state index contributed by atoms with van der Waals surface area (Å²) in [5, 5.41) is 0. The highest BCUT2D eigenvalue weighted by Gasteiger charge is 2.32. The Bertz CT molecular complexity index is 534. The molecule has 1 heterocycles. The van der Waals surface area contributed by atoms with Gasteiger partial charge in [0.05, 0.1) is 0 Å². The molecule has 4 heteroatoms. The van der Waals surface area contributed by atoms with E-state index in [0.29, 0.717) is 32.0 Å². The van der Waals surface area contributed by atoms with Crippen molar-refractivity contribution >= 4 is 17.5 Å². The maximum Gasteiger partial charge on any atom is 0.316 e. The number of carbonyl (C=O) groups is 2. The number of anilines is 1. The van der Waals surface area contributed by atoms with Crippen molar-refractivity contribution < 1.29 is 9.59 Å². The number of hydrogen-bond donors (Lipinski definition) is 0. The average Bonchev–Trinajstić information content (AvgIpc) is 2.49. The summed E-state index contributed by atoms with van der Waals surface area (Å²) in [6.07, 6.45) is 2.47. The van der Waals surface area contributed by atoms with Crippen LogP contribution in [0.2, 0.25) is 0 Å². The molecule has 1 aliphatic rings. The van der Waals surface area contributed by atoms with Gasteiger partial charge in [-0.15, -0.1) is 6.58 Å². The van der Waals surface area contributed by atoms with Crippen LogP contribution in [0.4, 0.5) is 5.69 Å². The Morgan fingerprint density at radius 1 is 1.14 bits per heavy atom. The fourth-order valence-electron chi connectivity index (χ4n) is 2.42. The van der Waals surface area contributed by atoms with Gasteiger partial charge in [-0.05, 0) is 30.0 Å². The number of amides is 2. The predicted molar refractivity (Wildman–Crippen MR) is 84.3 cm³/mol. The molecule has 0 unspecified atom stereocenters. The van der Waals surface area contributed by atoms with E-state index in [1.807, 2.05) is 24.3 Å². The zero-order valence-corrected chi connectivity index (χ0v) is 12.7. The van der Waals surface area contributed by atoms with Gasteiger partial charge in [0.2, 0.25) is 0 Å². The number of piperazine rings is 1. The lowest BCUT2D eigenvalue weighted by atomic mass is 10.0. The Morgan fingerprint density at radius 2 is 1.81 bits per heavy atom. The van der Waals surface area contributed by atoms with E-state index in [-0.39, 0.29) is 0 Å². The molecule has 0 bridgehead atoms. The molecule has 2 rings (SSSR count). The van der Waals surface area contributed by atoms with Gasteiger partial charge in [0.15, 0.2) is 0 Å². The van der Waals surface area contributed by atoms with Crippen LogP contribution in [-0.4, -0.2) is 36.3 Å². The van der Waals surface area contributed by atoms with Gasteiger partial charge < -0.3 is 9.80 Å². The highest BCUT2D eigenvalue weighted by Crippen LogP contribution is 2.22. The molecule has 0 spiro atoms. The number of benzene rings is 1.